The van der Waals surface area contributed by atoms with Crippen molar-refractivity contribution in [1.82, 2.24) is 5.32 Å². The van der Waals surface area contributed by atoms with Crippen molar-refractivity contribution in [3.63, 3.8) is 0 Å². The number of nitrogens with two attached hydrogens (primary N) is 1. The molecule has 0 aliphatic heterocycles. The molecule has 0 radical (unpaired) electrons. The third-order valence-electron chi connectivity index (χ3n) is 2.65. The predicted molar refractivity (Wildman–Crippen MR) is 72.5 cm³/mol. The summed E-state index contributed by atoms with van der Waals surface area (Å²) < 4.78 is 0. The number of amides is 1. The second kappa shape index (κ2) is 7.33. The molecule has 0 aliphatic carbocycles. The maximum atomic E-state index is 11.7. The van der Waals surface area contributed by atoms with Crippen LogP contribution >= 0.6 is 0 Å². The number of aliphatic carboxylic acids is 1. The minimum absolute atomic E-state index is 0.225. The molecule has 0 aliphatic rings. The van der Waals surface area contributed by atoms with Gasteiger partial charge in [0.15, 0.2) is 0 Å². The van der Waals surface area contributed by atoms with Crippen LogP contribution < -0.4 is 11.1 Å². The Labute approximate surface area is 112 Å². The van der Waals surface area contributed by atoms with E-state index in [0.29, 0.717) is 6.42 Å². The Kier molecular flexibility index (Phi) is 5.75. The molecule has 2 atom stereocenters. The van der Waals surface area contributed by atoms with Gasteiger partial charge in [0, 0.05) is 6.42 Å². The first-order valence-electron chi connectivity index (χ1n) is 5.98. The van der Waals surface area contributed by atoms with Crippen molar-refractivity contribution in [2.24, 2.45) is 5.73 Å². The number of nitrogens with one attached hydrogen (secondary N) is 1. The molecule has 0 heterocycles. The lowest BCUT2D eigenvalue weighted by Gasteiger charge is -2.17. The molecule has 1 rings (SSSR count). The molecule has 0 aromatic heterocycles. The third kappa shape index (κ3) is 4.93. The van der Waals surface area contributed by atoms with E-state index in [0.717, 1.165) is 5.56 Å². The summed E-state index contributed by atoms with van der Waals surface area (Å²) in [5.41, 5.74) is 6.43. The molecule has 0 saturated heterocycles. The number of benzene rings is 1. The maximum absolute atomic E-state index is 11.7. The van der Waals surface area contributed by atoms with Gasteiger partial charge in [0.2, 0.25) is 5.91 Å². The van der Waals surface area contributed by atoms with E-state index in [1.807, 2.05) is 30.3 Å². The number of carboxylic acid groups (broad SMARTS) is 1. The highest BCUT2D eigenvalue weighted by Crippen LogP contribution is 2.04. The molecule has 1 amide bonds. The smallest absolute Gasteiger partial charge is 0.326 e. The molecule has 0 fully saturated rings. The third-order valence-corrected chi connectivity index (χ3v) is 2.65. The Morgan fingerprint density at radius 2 is 2.00 bits per heavy atom. The molecule has 4 N–H and O–H groups in total. The largest absolute Gasteiger partial charge is 0.480 e. The summed E-state index contributed by atoms with van der Waals surface area (Å²) in [5.74, 6) is -1.56. The van der Waals surface area contributed by atoms with E-state index in [1.165, 1.54) is 6.08 Å². The minimum atomic E-state index is -1.08. The summed E-state index contributed by atoms with van der Waals surface area (Å²) >= 11 is 0. The lowest BCUT2D eigenvalue weighted by Crippen LogP contribution is -2.49. The number of carbonyl (C=O) groups excluding carboxylic acids is 1. The SMILES string of the molecule is C=CCC(N)C(=O)N[C@H](Cc1ccccc1)C(=O)O. The van der Waals surface area contributed by atoms with E-state index in [4.69, 9.17) is 10.8 Å². The zero-order valence-corrected chi connectivity index (χ0v) is 10.6. The average Bonchev–Trinajstić information content (AvgIpc) is 2.39. The molecule has 5 nitrogen and oxygen atoms in total. The zero-order valence-electron chi connectivity index (χ0n) is 10.6. The van der Waals surface area contributed by atoms with Crippen LogP contribution in [0, 0.1) is 0 Å². The zero-order chi connectivity index (χ0) is 14.3. The van der Waals surface area contributed by atoms with Gasteiger partial charge in [-0.25, -0.2) is 4.79 Å². The molecular weight excluding hydrogens is 244 g/mol. The van der Waals surface area contributed by atoms with Gasteiger partial charge in [-0.2, -0.15) is 0 Å². The monoisotopic (exact) mass is 262 g/mol. The van der Waals surface area contributed by atoms with Crippen molar-refractivity contribution in [3.8, 4) is 0 Å². The molecule has 0 spiro atoms. The lowest BCUT2D eigenvalue weighted by molar-refractivity contribution is -0.141. The lowest BCUT2D eigenvalue weighted by atomic mass is 10.1. The Bertz CT molecular complexity index is 445. The summed E-state index contributed by atoms with van der Waals surface area (Å²) in [6, 6.07) is 7.36. The van der Waals surface area contributed by atoms with Crippen LogP contribution in [0.3, 0.4) is 0 Å². The topological polar surface area (TPSA) is 92.4 Å². The fourth-order valence-electron chi connectivity index (χ4n) is 1.62. The van der Waals surface area contributed by atoms with Gasteiger partial charge < -0.3 is 16.2 Å². The van der Waals surface area contributed by atoms with Crippen LogP contribution in [0.25, 0.3) is 0 Å². The van der Waals surface area contributed by atoms with Crippen LogP contribution in [0.1, 0.15) is 12.0 Å². The molecule has 0 saturated carbocycles. The number of carbonyl (C=O) groups is 2. The highest BCUT2D eigenvalue weighted by Gasteiger charge is 2.22. The summed E-state index contributed by atoms with van der Waals surface area (Å²) in [5, 5.41) is 11.6. The van der Waals surface area contributed by atoms with Gasteiger partial charge in [0.05, 0.1) is 6.04 Å². The average molecular weight is 262 g/mol. The van der Waals surface area contributed by atoms with Crippen LogP contribution in [0.4, 0.5) is 0 Å². The van der Waals surface area contributed by atoms with E-state index in [1.54, 1.807) is 0 Å². The van der Waals surface area contributed by atoms with Gasteiger partial charge in [0.1, 0.15) is 6.04 Å². The first kappa shape index (κ1) is 14.9. The summed E-state index contributed by atoms with van der Waals surface area (Å²) in [4.78, 5) is 22.8. The molecule has 5 heteroatoms. The molecule has 1 unspecified atom stereocenters. The van der Waals surface area contributed by atoms with Crippen LogP contribution in [0.5, 0.6) is 0 Å². The fraction of sp³-hybridized carbons (Fsp3) is 0.286. The molecular formula is C14H18N2O3. The molecule has 102 valence electrons. The second-order valence-corrected chi connectivity index (χ2v) is 4.22. The Hall–Kier alpha value is -2.14. The van der Waals surface area contributed by atoms with Gasteiger partial charge >= 0.3 is 5.97 Å². The van der Waals surface area contributed by atoms with E-state index in [2.05, 4.69) is 11.9 Å². The van der Waals surface area contributed by atoms with Crippen molar-refractivity contribution in [2.75, 3.05) is 0 Å². The highest BCUT2D eigenvalue weighted by molar-refractivity contribution is 5.87. The summed E-state index contributed by atoms with van der Waals surface area (Å²) in [6.45, 7) is 3.49. The van der Waals surface area contributed by atoms with Crippen LogP contribution in [0.15, 0.2) is 43.0 Å². The number of rotatable bonds is 7. The van der Waals surface area contributed by atoms with Crippen molar-refractivity contribution < 1.29 is 14.7 Å². The van der Waals surface area contributed by atoms with Gasteiger partial charge in [-0.1, -0.05) is 36.4 Å². The van der Waals surface area contributed by atoms with Crippen molar-refractivity contribution in [3.05, 3.63) is 48.6 Å². The van der Waals surface area contributed by atoms with E-state index >= 15 is 0 Å². The Balaban J connectivity index is 2.66. The molecule has 0 bridgehead atoms. The fourth-order valence-corrected chi connectivity index (χ4v) is 1.62. The first-order valence-corrected chi connectivity index (χ1v) is 5.98. The van der Waals surface area contributed by atoms with Crippen molar-refractivity contribution in [1.29, 1.82) is 0 Å². The number of hydrogen-bond acceptors (Lipinski definition) is 3. The Morgan fingerprint density at radius 3 is 2.53 bits per heavy atom. The standard InChI is InChI=1S/C14H18N2O3/c1-2-6-11(15)13(17)16-12(14(18)19)9-10-7-4-3-5-8-10/h2-5,7-8,11-12H,1,6,9,15H2,(H,16,17)(H,18,19)/t11?,12-/m1/s1. The number of hydrogen-bond donors (Lipinski definition) is 3. The van der Waals surface area contributed by atoms with Crippen LogP contribution in [-0.2, 0) is 16.0 Å². The van der Waals surface area contributed by atoms with E-state index in [-0.39, 0.29) is 6.42 Å². The minimum Gasteiger partial charge on any atom is -0.480 e. The maximum Gasteiger partial charge on any atom is 0.326 e. The van der Waals surface area contributed by atoms with Gasteiger partial charge in [-0.05, 0) is 12.0 Å². The van der Waals surface area contributed by atoms with Crippen LogP contribution in [-0.4, -0.2) is 29.1 Å². The quantitative estimate of drug-likeness (QED) is 0.631. The number of carboxylic acids is 1. The molecule has 19 heavy (non-hydrogen) atoms. The predicted octanol–water partition coefficient (Wildman–Crippen LogP) is 0.702. The second-order valence-electron chi connectivity index (χ2n) is 4.22. The van der Waals surface area contributed by atoms with Gasteiger partial charge in [0.25, 0.3) is 0 Å². The highest BCUT2D eigenvalue weighted by atomic mass is 16.4. The van der Waals surface area contributed by atoms with Crippen molar-refractivity contribution in [2.45, 2.75) is 24.9 Å². The normalized spacial score (nSPS) is 13.3. The summed E-state index contributed by atoms with van der Waals surface area (Å²) in [6.07, 6.45) is 2.06. The van der Waals surface area contributed by atoms with Gasteiger partial charge in [-0.15, -0.1) is 6.58 Å². The molecule has 1 aromatic rings. The van der Waals surface area contributed by atoms with Gasteiger partial charge in [-0.3, -0.25) is 4.79 Å². The van der Waals surface area contributed by atoms with Crippen molar-refractivity contribution >= 4 is 11.9 Å². The van der Waals surface area contributed by atoms with E-state index < -0.39 is 24.0 Å². The van der Waals surface area contributed by atoms with E-state index in [9.17, 15) is 9.59 Å². The molecule has 1 aromatic carbocycles. The van der Waals surface area contributed by atoms with Crippen LogP contribution in [0.2, 0.25) is 0 Å². The summed E-state index contributed by atoms with van der Waals surface area (Å²) in [7, 11) is 0. The Morgan fingerprint density at radius 1 is 1.37 bits per heavy atom. The first-order chi connectivity index (χ1) is 9.04.